The predicted octanol–water partition coefficient (Wildman–Crippen LogP) is 1.53. The van der Waals surface area contributed by atoms with Crippen LogP contribution >= 0.6 is 0 Å². The second kappa shape index (κ2) is 10.9. The van der Waals surface area contributed by atoms with Crippen molar-refractivity contribution in [2.75, 3.05) is 12.0 Å². The standard InChI is InChI=1S/C20H28N6O4/c1-2-3-4-5-6-7-8-9-10-24-25-18-15-19(22-12-21-18)26(13-23-15)20-17(29)16(28)14(11-27)30-20/h6-10,12-14,16-17,20,27-29H,2-5,11H2,1H3,(H,21,22,25)/b7-6+,9-8+,24-10+/t14-,16?,17?,20-/m1/s1. The second-order valence-electron chi connectivity index (χ2n) is 6.97. The molecule has 30 heavy (non-hydrogen) atoms. The maximum absolute atomic E-state index is 10.2. The van der Waals surface area contributed by atoms with Crippen molar-refractivity contribution in [3.05, 3.63) is 37.0 Å². The molecule has 1 saturated heterocycles. The molecule has 0 saturated carbocycles. The van der Waals surface area contributed by atoms with E-state index < -0.39 is 31.1 Å². The van der Waals surface area contributed by atoms with Gasteiger partial charge < -0.3 is 20.1 Å². The van der Waals surface area contributed by atoms with Crippen LogP contribution in [0.1, 0.15) is 38.8 Å². The van der Waals surface area contributed by atoms with E-state index in [2.05, 4.69) is 38.5 Å². The fourth-order valence-electron chi connectivity index (χ4n) is 3.17. The lowest BCUT2D eigenvalue weighted by Gasteiger charge is -2.16. The summed E-state index contributed by atoms with van der Waals surface area (Å²) in [6.07, 6.45) is 12.8. The number of ether oxygens (including phenoxy) is 1. The van der Waals surface area contributed by atoms with Crippen molar-refractivity contribution >= 4 is 23.2 Å². The van der Waals surface area contributed by atoms with Crippen LogP contribution in [0, 0.1) is 0 Å². The second-order valence-corrected chi connectivity index (χ2v) is 6.97. The first-order valence-corrected chi connectivity index (χ1v) is 10.1. The number of unbranched alkanes of at least 4 members (excludes halogenated alkanes) is 3. The van der Waals surface area contributed by atoms with Crippen molar-refractivity contribution in [1.82, 2.24) is 19.5 Å². The number of imidazole rings is 1. The van der Waals surface area contributed by atoms with Gasteiger partial charge in [-0.05, 0) is 18.9 Å². The SMILES string of the molecule is CCCCC/C=C/C=C/C=N/Nc1ncnc2c1ncn2[C@@H]1O[C@H](CO)C(O)C1O. The number of hydrogen-bond donors (Lipinski definition) is 4. The fourth-order valence-corrected chi connectivity index (χ4v) is 3.17. The van der Waals surface area contributed by atoms with Gasteiger partial charge in [0.2, 0.25) is 0 Å². The van der Waals surface area contributed by atoms with Crippen molar-refractivity contribution in [1.29, 1.82) is 0 Å². The molecule has 4 atom stereocenters. The molecule has 3 rings (SSSR count). The number of aliphatic hydroxyl groups is 3. The highest BCUT2D eigenvalue weighted by molar-refractivity contribution is 5.83. The monoisotopic (exact) mass is 416 g/mol. The molecule has 1 aliphatic heterocycles. The molecule has 0 amide bonds. The quantitative estimate of drug-likeness (QED) is 0.198. The van der Waals surface area contributed by atoms with E-state index >= 15 is 0 Å². The van der Waals surface area contributed by atoms with E-state index in [1.165, 1.54) is 36.5 Å². The summed E-state index contributed by atoms with van der Waals surface area (Å²) < 4.78 is 7.04. The van der Waals surface area contributed by atoms with Crippen molar-refractivity contribution in [3.8, 4) is 0 Å². The summed E-state index contributed by atoms with van der Waals surface area (Å²) in [5, 5.41) is 33.6. The van der Waals surface area contributed by atoms with Crippen molar-refractivity contribution in [2.24, 2.45) is 5.10 Å². The zero-order chi connectivity index (χ0) is 21.3. The molecule has 2 unspecified atom stereocenters. The Morgan fingerprint density at radius 1 is 1.17 bits per heavy atom. The first-order valence-electron chi connectivity index (χ1n) is 10.1. The average Bonchev–Trinajstić information content (AvgIpc) is 3.31. The summed E-state index contributed by atoms with van der Waals surface area (Å²) in [5.74, 6) is 0.394. The van der Waals surface area contributed by atoms with E-state index in [9.17, 15) is 15.3 Å². The van der Waals surface area contributed by atoms with E-state index in [1.807, 2.05) is 12.2 Å². The van der Waals surface area contributed by atoms with Gasteiger partial charge in [-0.3, -0.25) is 9.99 Å². The van der Waals surface area contributed by atoms with Crippen molar-refractivity contribution < 1.29 is 20.1 Å². The van der Waals surface area contributed by atoms with Crippen molar-refractivity contribution in [3.63, 3.8) is 0 Å². The molecule has 0 aliphatic carbocycles. The van der Waals surface area contributed by atoms with Crippen LogP contribution in [0.5, 0.6) is 0 Å². The first-order chi connectivity index (χ1) is 14.7. The Morgan fingerprint density at radius 3 is 2.80 bits per heavy atom. The van der Waals surface area contributed by atoms with Gasteiger partial charge >= 0.3 is 0 Å². The normalized spacial score (nSPS) is 24.8. The minimum atomic E-state index is -1.22. The van der Waals surface area contributed by atoms with Gasteiger partial charge in [-0.15, -0.1) is 0 Å². The third-order valence-corrected chi connectivity index (χ3v) is 4.81. The molecule has 0 bridgehead atoms. The summed E-state index contributed by atoms with van der Waals surface area (Å²) in [6.45, 7) is 1.78. The summed E-state index contributed by atoms with van der Waals surface area (Å²) in [5.41, 5.74) is 3.67. The number of aromatic nitrogens is 4. The van der Waals surface area contributed by atoms with Gasteiger partial charge in [-0.2, -0.15) is 5.10 Å². The Kier molecular flexibility index (Phi) is 8.03. The van der Waals surface area contributed by atoms with Crippen LogP contribution in [0.25, 0.3) is 11.2 Å². The Labute approximate surface area is 174 Å². The van der Waals surface area contributed by atoms with E-state index in [0.29, 0.717) is 17.0 Å². The minimum Gasteiger partial charge on any atom is -0.394 e. The number of hydrogen-bond acceptors (Lipinski definition) is 9. The highest BCUT2D eigenvalue weighted by Crippen LogP contribution is 2.31. The van der Waals surface area contributed by atoms with Crippen LogP contribution < -0.4 is 5.43 Å². The number of nitrogens with zero attached hydrogens (tertiary/aromatic N) is 5. The first kappa shape index (κ1) is 22.0. The van der Waals surface area contributed by atoms with Crippen LogP contribution in [0.15, 0.2) is 42.1 Å². The Hall–Kier alpha value is -2.66. The van der Waals surface area contributed by atoms with Crippen molar-refractivity contribution in [2.45, 2.75) is 57.1 Å². The number of rotatable bonds is 10. The van der Waals surface area contributed by atoms with Crippen LogP contribution in [0.2, 0.25) is 0 Å². The number of fused-ring (bicyclic) bond motifs is 1. The lowest BCUT2D eigenvalue weighted by atomic mass is 10.1. The van der Waals surface area contributed by atoms with E-state index in [0.717, 1.165) is 6.42 Å². The number of anilines is 1. The summed E-state index contributed by atoms with van der Waals surface area (Å²) in [6, 6.07) is 0. The lowest BCUT2D eigenvalue weighted by Crippen LogP contribution is -2.33. The third kappa shape index (κ3) is 5.08. The molecule has 0 radical (unpaired) electrons. The molecule has 1 fully saturated rings. The number of nitrogens with one attached hydrogen (secondary N) is 1. The highest BCUT2D eigenvalue weighted by Gasteiger charge is 2.44. The number of aliphatic hydroxyl groups excluding tert-OH is 3. The van der Waals surface area contributed by atoms with Gasteiger partial charge in [0.15, 0.2) is 23.2 Å². The average molecular weight is 416 g/mol. The zero-order valence-corrected chi connectivity index (χ0v) is 16.9. The predicted molar refractivity (Wildman–Crippen MR) is 113 cm³/mol. The zero-order valence-electron chi connectivity index (χ0n) is 16.9. The van der Waals surface area contributed by atoms with E-state index in [1.54, 1.807) is 12.3 Å². The van der Waals surface area contributed by atoms with Crippen LogP contribution in [-0.4, -0.2) is 66.0 Å². The van der Waals surface area contributed by atoms with Gasteiger partial charge in [-0.25, -0.2) is 15.0 Å². The Bertz CT molecular complexity index is 897. The Balaban J connectivity index is 1.63. The smallest absolute Gasteiger partial charge is 0.177 e. The molecule has 10 heteroatoms. The fraction of sp³-hybridized carbons (Fsp3) is 0.500. The number of hydrazone groups is 1. The molecule has 162 valence electrons. The molecule has 3 heterocycles. The highest BCUT2D eigenvalue weighted by atomic mass is 16.6. The number of allylic oxidation sites excluding steroid dienone is 4. The van der Waals surface area contributed by atoms with Crippen LogP contribution in [-0.2, 0) is 4.74 Å². The molecule has 4 N–H and O–H groups in total. The van der Waals surface area contributed by atoms with Crippen LogP contribution in [0.3, 0.4) is 0 Å². The van der Waals surface area contributed by atoms with E-state index in [4.69, 9.17) is 4.74 Å². The topological polar surface area (TPSA) is 138 Å². The molecule has 1 aliphatic rings. The van der Waals surface area contributed by atoms with Gasteiger partial charge in [0.25, 0.3) is 0 Å². The summed E-state index contributed by atoms with van der Waals surface area (Å²) >= 11 is 0. The molecule has 10 nitrogen and oxygen atoms in total. The Morgan fingerprint density at radius 2 is 2.03 bits per heavy atom. The summed E-state index contributed by atoms with van der Waals surface area (Å²) in [7, 11) is 0. The third-order valence-electron chi connectivity index (χ3n) is 4.81. The molecule has 0 spiro atoms. The van der Waals surface area contributed by atoms with E-state index in [-0.39, 0.29) is 0 Å². The van der Waals surface area contributed by atoms with Gasteiger partial charge in [-0.1, -0.05) is 38.0 Å². The largest absolute Gasteiger partial charge is 0.394 e. The maximum atomic E-state index is 10.2. The maximum Gasteiger partial charge on any atom is 0.177 e. The lowest BCUT2D eigenvalue weighted by molar-refractivity contribution is -0.0511. The molecular formula is C20H28N6O4. The van der Waals surface area contributed by atoms with Gasteiger partial charge in [0.1, 0.15) is 24.6 Å². The van der Waals surface area contributed by atoms with Gasteiger partial charge in [0.05, 0.1) is 12.9 Å². The molecule has 0 aromatic carbocycles. The molecule has 2 aromatic rings. The molecule has 2 aromatic heterocycles. The van der Waals surface area contributed by atoms with Gasteiger partial charge in [0, 0.05) is 6.21 Å². The minimum absolute atomic E-state index is 0.394. The van der Waals surface area contributed by atoms with Crippen LogP contribution in [0.4, 0.5) is 5.82 Å². The summed E-state index contributed by atoms with van der Waals surface area (Å²) in [4.78, 5) is 12.6. The molecular weight excluding hydrogens is 388 g/mol.